The van der Waals surface area contributed by atoms with E-state index in [0.29, 0.717) is 11.1 Å². The molecule has 1 N–H and O–H groups in total. The van der Waals surface area contributed by atoms with Crippen molar-refractivity contribution in [3.8, 4) is 11.5 Å². The van der Waals surface area contributed by atoms with Crippen molar-refractivity contribution in [2.24, 2.45) is 5.92 Å². The predicted octanol–water partition coefficient (Wildman–Crippen LogP) is 6.47. The van der Waals surface area contributed by atoms with E-state index in [1.165, 1.54) is 13.2 Å². The average molecular weight is 568 g/mol. The molecule has 190 valence electrons. The quantitative estimate of drug-likeness (QED) is 0.286. The number of hydrogen-bond donors (Lipinski definition) is 1. The van der Waals surface area contributed by atoms with Crippen molar-refractivity contribution >= 4 is 38.3 Å². The number of rotatable bonds is 4. The van der Waals surface area contributed by atoms with Crippen molar-refractivity contribution in [1.82, 2.24) is 4.90 Å². The number of hydrogen-bond acceptors (Lipinski definition) is 5. The van der Waals surface area contributed by atoms with E-state index in [1.807, 2.05) is 48.5 Å². The normalized spacial score (nSPS) is 25.8. The van der Waals surface area contributed by atoms with Gasteiger partial charge in [0.1, 0.15) is 5.54 Å². The summed E-state index contributed by atoms with van der Waals surface area (Å²) in [5.74, 6) is -0.695. The highest BCUT2D eigenvalue weighted by atomic mass is 79.9. The Morgan fingerprint density at radius 1 is 1.05 bits per heavy atom. The van der Waals surface area contributed by atoms with Gasteiger partial charge in [0, 0.05) is 27.6 Å². The third-order valence-electron chi connectivity index (χ3n) is 8.88. The number of benzene rings is 4. The standard InChI is InChI=1S/C32H26BrNO4/c1-38-26-17-20(12-15-25(26)35)30(36)29-28(19-10-13-21(33)14-11-19)24-9-4-16-34(24)32(29)23-8-3-6-18-5-2-7-22(27(18)23)31(32)37/h2-3,5-8,10-15,17,24,28-29,35H,4,9,16H2,1H3. The maximum Gasteiger partial charge on any atom is 0.189 e. The lowest BCUT2D eigenvalue weighted by Crippen LogP contribution is -2.51. The van der Waals surface area contributed by atoms with Crippen LogP contribution in [0.15, 0.2) is 83.3 Å². The van der Waals surface area contributed by atoms with Crippen molar-refractivity contribution < 1.29 is 19.4 Å². The van der Waals surface area contributed by atoms with Crippen LogP contribution in [-0.2, 0) is 5.54 Å². The van der Waals surface area contributed by atoms with Gasteiger partial charge >= 0.3 is 0 Å². The number of phenolic OH excluding ortho intramolecular Hbond substituents is 1. The van der Waals surface area contributed by atoms with Gasteiger partial charge < -0.3 is 9.84 Å². The Hall–Kier alpha value is -3.48. The summed E-state index contributed by atoms with van der Waals surface area (Å²) in [4.78, 5) is 31.8. The van der Waals surface area contributed by atoms with E-state index in [9.17, 15) is 14.7 Å². The summed E-state index contributed by atoms with van der Waals surface area (Å²) in [5.41, 5.74) is 2.03. The molecule has 5 nitrogen and oxygen atoms in total. The predicted molar refractivity (Wildman–Crippen MR) is 149 cm³/mol. The number of phenols is 1. The fourth-order valence-corrected chi connectivity index (χ4v) is 7.76. The number of nitrogens with zero attached hydrogens (tertiary/aromatic N) is 1. The summed E-state index contributed by atoms with van der Waals surface area (Å²) in [7, 11) is 1.47. The van der Waals surface area contributed by atoms with Gasteiger partial charge in [0.05, 0.1) is 13.0 Å². The first kappa shape index (κ1) is 23.6. The molecule has 1 spiro atoms. The molecule has 0 radical (unpaired) electrons. The van der Waals surface area contributed by atoms with Crippen LogP contribution in [0.1, 0.15) is 50.6 Å². The summed E-state index contributed by atoms with van der Waals surface area (Å²) < 4.78 is 6.32. The minimum Gasteiger partial charge on any atom is -0.504 e. The number of ether oxygens (including phenoxy) is 1. The Morgan fingerprint density at radius 2 is 1.82 bits per heavy atom. The van der Waals surface area contributed by atoms with Crippen molar-refractivity contribution in [3.63, 3.8) is 0 Å². The fourth-order valence-electron chi connectivity index (χ4n) is 7.50. The highest BCUT2D eigenvalue weighted by Gasteiger charge is 2.69. The van der Waals surface area contributed by atoms with Crippen LogP contribution in [0.3, 0.4) is 0 Å². The van der Waals surface area contributed by atoms with Crippen molar-refractivity contribution in [1.29, 1.82) is 0 Å². The van der Waals surface area contributed by atoms with E-state index in [4.69, 9.17) is 4.74 Å². The number of ketones is 2. The molecule has 2 fully saturated rings. The van der Waals surface area contributed by atoms with Gasteiger partial charge in [-0.15, -0.1) is 0 Å². The second kappa shape index (κ2) is 8.52. The first-order chi connectivity index (χ1) is 18.5. The van der Waals surface area contributed by atoms with Gasteiger partial charge in [0.15, 0.2) is 23.1 Å². The van der Waals surface area contributed by atoms with E-state index in [-0.39, 0.29) is 35.0 Å². The van der Waals surface area contributed by atoms with E-state index < -0.39 is 11.5 Å². The fraction of sp³-hybridized carbons (Fsp3) is 0.250. The van der Waals surface area contributed by atoms with E-state index in [2.05, 4.69) is 33.0 Å². The second-order valence-electron chi connectivity index (χ2n) is 10.5. The van der Waals surface area contributed by atoms with Gasteiger partial charge in [-0.3, -0.25) is 14.5 Å². The van der Waals surface area contributed by atoms with Crippen LogP contribution in [-0.4, -0.2) is 41.3 Å². The number of halogens is 1. The molecular formula is C32H26BrNO4. The van der Waals surface area contributed by atoms with Crippen LogP contribution in [0.4, 0.5) is 0 Å². The SMILES string of the molecule is COc1cc(C(=O)C2C(c3ccc(Br)cc3)C3CCCN3C23C(=O)c2cccc4cccc3c24)ccc1O. The number of Topliss-reactive ketones (excluding diaryl/α,β-unsaturated/α-hetero) is 2. The van der Waals surface area contributed by atoms with Crippen molar-refractivity contribution in [3.05, 3.63) is 106 Å². The molecule has 4 atom stereocenters. The molecule has 4 unspecified atom stereocenters. The topological polar surface area (TPSA) is 66.8 Å². The molecule has 4 aromatic rings. The largest absolute Gasteiger partial charge is 0.504 e. The maximum atomic E-state index is 14.8. The number of methoxy groups -OCH3 is 1. The monoisotopic (exact) mass is 567 g/mol. The lowest BCUT2D eigenvalue weighted by atomic mass is 9.68. The Bertz CT molecular complexity index is 1630. The molecule has 6 heteroatoms. The zero-order chi connectivity index (χ0) is 26.2. The third-order valence-corrected chi connectivity index (χ3v) is 9.41. The lowest BCUT2D eigenvalue weighted by molar-refractivity contribution is 0.0519. The molecule has 4 aromatic carbocycles. The Morgan fingerprint density at radius 3 is 2.58 bits per heavy atom. The zero-order valence-corrected chi connectivity index (χ0v) is 22.4. The highest BCUT2D eigenvalue weighted by molar-refractivity contribution is 9.10. The van der Waals surface area contributed by atoms with Crippen molar-refractivity contribution in [2.45, 2.75) is 30.3 Å². The molecule has 2 aliphatic heterocycles. The van der Waals surface area contributed by atoms with E-state index in [1.54, 1.807) is 12.1 Å². The number of fused-ring (bicyclic) bond motifs is 3. The third kappa shape index (κ3) is 3.01. The van der Waals surface area contributed by atoms with Crippen LogP contribution in [0, 0.1) is 5.92 Å². The molecule has 38 heavy (non-hydrogen) atoms. The molecule has 0 amide bonds. The summed E-state index contributed by atoms with van der Waals surface area (Å²) in [6, 6.07) is 24.9. The number of carbonyl (C=O) groups excluding carboxylic acids is 2. The van der Waals surface area contributed by atoms with Gasteiger partial charge in [0.25, 0.3) is 0 Å². The summed E-state index contributed by atoms with van der Waals surface area (Å²) >= 11 is 3.55. The summed E-state index contributed by atoms with van der Waals surface area (Å²) in [6.07, 6.45) is 1.90. The van der Waals surface area contributed by atoms with Gasteiger partial charge in [-0.25, -0.2) is 0 Å². The summed E-state index contributed by atoms with van der Waals surface area (Å²) in [6.45, 7) is 0.760. The second-order valence-corrected chi connectivity index (χ2v) is 11.4. The highest BCUT2D eigenvalue weighted by Crippen LogP contribution is 2.62. The molecule has 3 aliphatic rings. The molecule has 0 aromatic heterocycles. The van der Waals surface area contributed by atoms with Crippen molar-refractivity contribution in [2.75, 3.05) is 13.7 Å². The Labute approximate surface area is 229 Å². The molecule has 7 rings (SSSR count). The minimum atomic E-state index is -1.09. The van der Waals surface area contributed by atoms with Crippen LogP contribution < -0.4 is 4.74 Å². The smallest absolute Gasteiger partial charge is 0.189 e. The van der Waals surface area contributed by atoms with Crippen LogP contribution in [0.2, 0.25) is 0 Å². The van der Waals surface area contributed by atoms with E-state index in [0.717, 1.165) is 45.8 Å². The zero-order valence-electron chi connectivity index (χ0n) is 20.9. The Kier molecular flexibility index (Phi) is 5.29. The molecule has 0 saturated carbocycles. The molecule has 2 heterocycles. The summed E-state index contributed by atoms with van der Waals surface area (Å²) in [5, 5.41) is 12.2. The van der Waals surface area contributed by atoms with Crippen LogP contribution in [0.25, 0.3) is 10.8 Å². The minimum absolute atomic E-state index is 0.0138. The van der Waals surface area contributed by atoms with E-state index >= 15 is 0 Å². The van der Waals surface area contributed by atoms with Crippen LogP contribution >= 0.6 is 15.9 Å². The van der Waals surface area contributed by atoms with Gasteiger partial charge in [0.2, 0.25) is 0 Å². The molecule has 1 aliphatic carbocycles. The number of carbonyl (C=O) groups is 2. The van der Waals surface area contributed by atoms with Crippen LogP contribution in [0.5, 0.6) is 11.5 Å². The first-order valence-corrected chi connectivity index (χ1v) is 13.8. The van der Waals surface area contributed by atoms with Gasteiger partial charge in [-0.2, -0.15) is 0 Å². The number of aromatic hydroxyl groups is 1. The average Bonchev–Trinajstić information content (AvgIpc) is 3.59. The van der Waals surface area contributed by atoms with Gasteiger partial charge in [-0.1, -0.05) is 64.5 Å². The molecule has 0 bridgehead atoms. The Balaban J connectivity index is 1.52. The molecular weight excluding hydrogens is 542 g/mol. The molecule has 2 saturated heterocycles. The first-order valence-electron chi connectivity index (χ1n) is 13.0. The maximum absolute atomic E-state index is 14.8. The van der Waals surface area contributed by atoms with Gasteiger partial charge in [-0.05, 0) is 71.6 Å². The lowest BCUT2D eigenvalue weighted by Gasteiger charge is -2.38.